The molecule has 2 aliphatic rings. The van der Waals surface area contributed by atoms with E-state index < -0.39 is 0 Å². The number of hydrogen-bond acceptors (Lipinski definition) is 3. The lowest BCUT2D eigenvalue weighted by Gasteiger charge is -2.38. The van der Waals surface area contributed by atoms with E-state index >= 15 is 0 Å². The summed E-state index contributed by atoms with van der Waals surface area (Å²) in [6, 6.07) is 15.5. The Morgan fingerprint density at radius 1 is 1.06 bits per heavy atom. The summed E-state index contributed by atoms with van der Waals surface area (Å²) in [6.07, 6.45) is 9.42. The molecule has 0 N–H and O–H groups in total. The van der Waals surface area contributed by atoms with E-state index in [1.807, 2.05) is 64.5 Å². The summed E-state index contributed by atoms with van der Waals surface area (Å²) in [6.45, 7) is 4.32. The fraction of sp³-hybridized carbons (Fsp3) is 0.429. The maximum absolute atomic E-state index is 14.1. The molecule has 0 saturated heterocycles. The molecule has 1 aromatic carbocycles. The van der Waals surface area contributed by atoms with Crippen molar-refractivity contribution >= 4 is 17.5 Å². The Labute approximate surface area is 201 Å². The topological polar surface area (TPSA) is 58.7 Å². The highest BCUT2D eigenvalue weighted by atomic mass is 16.3. The minimum Gasteiger partial charge on any atom is -0.467 e. The third-order valence-electron chi connectivity index (χ3n) is 7.13. The van der Waals surface area contributed by atoms with Crippen molar-refractivity contribution in [3.8, 4) is 5.69 Å². The second kappa shape index (κ2) is 9.53. The van der Waals surface area contributed by atoms with Gasteiger partial charge in [0.2, 0.25) is 11.8 Å². The second-order valence-electron chi connectivity index (χ2n) is 9.42. The van der Waals surface area contributed by atoms with Crippen LogP contribution in [0, 0.1) is 5.92 Å². The zero-order valence-electron chi connectivity index (χ0n) is 20.0. The first-order chi connectivity index (χ1) is 16.6. The van der Waals surface area contributed by atoms with E-state index in [0.717, 1.165) is 55.6 Å². The van der Waals surface area contributed by atoms with Crippen molar-refractivity contribution in [3.05, 3.63) is 72.4 Å². The molecular formula is C28H33N3O3. The molecule has 178 valence electrons. The number of rotatable bonds is 9. The Balaban J connectivity index is 1.49. The average molecular weight is 460 g/mol. The zero-order valence-corrected chi connectivity index (χ0v) is 20.0. The van der Waals surface area contributed by atoms with Crippen molar-refractivity contribution < 1.29 is 14.0 Å². The highest BCUT2D eigenvalue weighted by Gasteiger charge is 2.41. The van der Waals surface area contributed by atoms with Gasteiger partial charge >= 0.3 is 0 Å². The summed E-state index contributed by atoms with van der Waals surface area (Å²) in [4.78, 5) is 31.3. The van der Waals surface area contributed by atoms with Crippen LogP contribution in [0.5, 0.6) is 0 Å². The van der Waals surface area contributed by atoms with Crippen molar-refractivity contribution in [3.63, 3.8) is 0 Å². The number of para-hydroxylation sites is 2. The number of hydrogen-bond donors (Lipinski definition) is 0. The maximum Gasteiger partial charge on any atom is 0.247 e. The average Bonchev–Trinajstić information content (AvgIpc) is 3.32. The van der Waals surface area contributed by atoms with Crippen molar-refractivity contribution in [1.82, 2.24) is 9.47 Å². The Morgan fingerprint density at radius 2 is 1.85 bits per heavy atom. The Kier molecular flexibility index (Phi) is 6.31. The van der Waals surface area contributed by atoms with Gasteiger partial charge in [-0.15, -0.1) is 0 Å². The Hall–Kier alpha value is -3.28. The number of amides is 2. The van der Waals surface area contributed by atoms with Crippen LogP contribution in [-0.2, 0) is 9.59 Å². The minimum absolute atomic E-state index is 0.0138. The highest BCUT2D eigenvalue weighted by Crippen LogP contribution is 2.42. The summed E-state index contributed by atoms with van der Waals surface area (Å²) in [5.74, 6) is 0.753. The number of unbranched alkanes of at least 4 members (excludes halogenated alkanes) is 1. The quantitative estimate of drug-likeness (QED) is 0.412. The summed E-state index contributed by atoms with van der Waals surface area (Å²) in [5, 5.41) is 0. The number of carbonyl (C=O) groups excluding carboxylic acids is 2. The molecule has 1 aliphatic heterocycles. The van der Waals surface area contributed by atoms with Gasteiger partial charge in [-0.25, -0.2) is 0 Å². The molecule has 0 bridgehead atoms. The molecule has 3 aromatic rings. The van der Waals surface area contributed by atoms with Crippen molar-refractivity contribution in [2.24, 2.45) is 5.92 Å². The predicted octanol–water partition coefficient (Wildman–Crippen LogP) is 5.71. The van der Waals surface area contributed by atoms with Crippen LogP contribution < -0.4 is 4.90 Å². The van der Waals surface area contributed by atoms with Gasteiger partial charge in [0, 0.05) is 18.2 Å². The molecular weight excluding hydrogens is 426 g/mol. The highest BCUT2D eigenvalue weighted by molar-refractivity contribution is 6.00. The molecule has 0 spiro atoms. The molecule has 6 heteroatoms. The van der Waals surface area contributed by atoms with Gasteiger partial charge in [-0.2, -0.15) is 0 Å². The summed E-state index contributed by atoms with van der Waals surface area (Å²) >= 11 is 0. The number of nitrogens with zero attached hydrogens (tertiary/aromatic N) is 3. The lowest BCUT2D eigenvalue weighted by molar-refractivity contribution is -0.140. The molecule has 2 unspecified atom stereocenters. The van der Waals surface area contributed by atoms with Gasteiger partial charge in [-0.05, 0) is 62.1 Å². The zero-order chi connectivity index (χ0) is 23.7. The van der Waals surface area contributed by atoms with E-state index in [9.17, 15) is 9.59 Å². The number of aromatic nitrogens is 1. The minimum atomic E-state index is -0.384. The lowest BCUT2D eigenvalue weighted by Crippen LogP contribution is -2.48. The van der Waals surface area contributed by atoms with Crippen LogP contribution in [0.3, 0.4) is 0 Å². The monoisotopic (exact) mass is 459 g/mol. The first-order valence-corrected chi connectivity index (χ1v) is 12.6. The van der Waals surface area contributed by atoms with Crippen LogP contribution in [0.25, 0.3) is 5.69 Å². The third kappa shape index (κ3) is 4.06. The van der Waals surface area contributed by atoms with Crippen LogP contribution in [0.2, 0.25) is 0 Å². The smallest absolute Gasteiger partial charge is 0.247 e. The SMILES string of the molecule is CCCCC(CC)C(=O)N(CC(=O)N1c2ccccc2-n2cccc2C1c1ccco1)C1CC1. The van der Waals surface area contributed by atoms with Crippen LogP contribution >= 0.6 is 0 Å². The molecule has 5 rings (SSSR count). The van der Waals surface area contributed by atoms with E-state index in [1.54, 1.807) is 6.26 Å². The first-order valence-electron chi connectivity index (χ1n) is 12.6. The summed E-state index contributed by atoms with van der Waals surface area (Å²) < 4.78 is 7.94. The fourth-order valence-corrected chi connectivity index (χ4v) is 5.16. The second-order valence-corrected chi connectivity index (χ2v) is 9.42. The third-order valence-corrected chi connectivity index (χ3v) is 7.13. The van der Waals surface area contributed by atoms with Crippen molar-refractivity contribution in [2.75, 3.05) is 11.4 Å². The number of carbonyl (C=O) groups is 2. The fourth-order valence-electron chi connectivity index (χ4n) is 5.16. The van der Waals surface area contributed by atoms with E-state index in [1.165, 1.54) is 0 Å². The van der Waals surface area contributed by atoms with E-state index in [2.05, 4.69) is 18.4 Å². The predicted molar refractivity (Wildman–Crippen MR) is 132 cm³/mol. The number of fused-ring (bicyclic) bond motifs is 3. The van der Waals surface area contributed by atoms with E-state index in [-0.39, 0.29) is 36.4 Å². The standard InChI is InChI=1S/C28H33N3O3/c1-3-5-10-20(4-2)28(33)30(21-15-16-21)19-26(32)31-23-12-7-6-11-22(23)29-17-8-13-24(29)27(31)25-14-9-18-34-25/h6-9,11-14,17-18,20-21,27H,3-5,10,15-16,19H2,1-2H3. The van der Waals surface area contributed by atoms with E-state index in [4.69, 9.17) is 4.42 Å². The summed E-state index contributed by atoms with van der Waals surface area (Å²) in [7, 11) is 0. The number of anilines is 1. The molecule has 3 heterocycles. The lowest BCUT2D eigenvalue weighted by atomic mass is 9.97. The molecule has 1 aliphatic carbocycles. The normalized spacial score (nSPS) is 17.7. The first kappa shape index (κ1) is 22.5. The maximum atomic E-state index is 14.1. The van der Waals surface area contributed by atoms with Crippen LogP contribution in [0.4, 0.5) is 5.69 Å². The molecule has 1 fully saturated rings. The largest absolute Gasteiger partial charge is 0.467 e. The molecule has 2 atom stereocenters. The number of benzene rings is 1. The Morgan fingerprint density at radius 3 is 2.53 bits per heavy atom. The Bertz CT molecular complexity index is 1150. The molecule has 34 heavy (non-hydrogen) atoms. The van der Waals surface area contributed by atoms with Gasteiger partial charge in [0.05, 0.1) is 23.3 Å². The molecule has 0 radical (unpaired) electrons. The van der Waals surface area contributed by atoms with Crippen LogP contribution in [0.15, 0.2) is 65.4 Å². The van der Waals surface area contributed by atoms with Gasteiger partial charge < -0.3 is 13.9 Å². The molecule has 6 nitrogen and oxygen atoms in total. The van der Waals surface area contributed by atoms with Gasteiger partial charge in [-0.3, -0.25) is 14.5 Å². The van der Waals surface area contributed by atoms with Crippen molar-refractivity contribution in [2.45, 2.75) is 64.5 Å². The summed E-state index contributed by atoms with van der Waals surface area (Å²) in [5.41, 5.74) is 2.76. The van der Waals surface area contributed by atoms with Gasteiger partial charge in [-0.1, -0.05) is 38.8 Å². The number of furan rings is 1. The van der Waals surface area contributed by atoms with E-state index in [0.29, 0.717) is 5.76 Å². The van der Waals surface area contributed by atoms with Crippen LogP contribution in [0.1, 0.15) is 69.9 Å². The molecule has 2 amide bonds. The van der Waals surface area contributed by atoms with Crippen LogP contribution in [-0.4, -0.2) is 33.9 Å². The molecule has 1 saturated carbocycles. The van der Waals surface area contributed by atoms with Gasteiger partial charge in [0.15, 0.2) is 0 Å². The van der Waals surface area contributed by atoms with Crippen molar-refractivity contribution in [1.29, 1.82) is 0 Å². The van der Waals surface area contributed by atoms with Gasteiger partial charge in [0.1, 0.15) is 18.3 Å². The van der Waals surface area contributed by atoms with Gasteiger partial charge in [0.25, 0.3) is 0 Å². The molecule has 2 aromatic heterocycles.